The molecular formula is C10H15N3OS. The molecule has 0 aromatic carbocycles. The summed E-state index contributed by atoms with van der Waals surface area (Å²) in [6.07, 6.45) is 4.86. The van der Waals surface area contributed by atoms with Crippen molar-refractivity contribution in [1.29, 1.82) is 0 Å². The van der Waals surface area contributed by atoms with Crippen LogP contribution in [0.15, 0.2) is 0 Å². The predicted molar refractivity (Wildman–Crippen MR) is 59.3 cm³/mol. The van der Waals surface area contributed by atoms with Crippen LogP contribution in [0.1, 0.15) is 37.4 Å². The van der Waals surface area contributed by atoms with Crippen molar-refractivity contribution in [2.24, 2.45) is 0 Å². The Kier molecular flexibility index (Phi) is 2.58. The van der Waals surface area contributed by atoms with Crippen LogP contribution in [0.4, 0.5) is 5.13 Å². The van der Waals surface area contributed by atoms with E-state index in [1.165, 1.54) is 30.8 Å². The first kappa shape index (κ1) is 9.54. The number of hydrogen-bond donors (Lipinski definition) is 1. The molecule has 1 saturated carbocycles. The van der Waals surface area contributed by atoms with Gasteiger partial charge in [-0.15, -0.1) is 0 Å². The molecule has 5 heteroatoms. The molecule has 0 radical (unpaired) electrons. The van der Waals surface area contributed by atoms with Gasteiger partial charge in [-0.1, -0.05) is 0 Å². The monoisotopic (exact) mass is 225 g/mol. The number of aromatic nitrogens is 2. The third-order valence-electron chi connectivity index (χ3n) is 2.87. The lowest BCUT2D eigenvalue weighted by Gasteiger charge is -2.22. The third kappa shape index (κ3) is 2.29. The van der Waals surface area contributed by atoms with Gasteiger partial charge in [0.2, 0.25) is 5.13 Å². The number of nitrogens with one attached hydrogen (secondary N) is 1. The maximum Gasteiger partial charge on any atom is 0.202 e. The third-order valence-corrected chi connectivity index (χ3v) is 3.53. The molecule has 1 saturated heterocycles. The van der Waals surface area contributed by atoms with Gasteiger partial charge in [0.25, 0.3) is 0 Å². The maximum atomic E-state index is 5.41. The fourth-order valence-corrected chi connectivity index (χ4v) is 2.55. The molecule has 1 aromatic heterocycles. The van der Waals surface area contributed by atoms with Gasteiger partial charge in [0, 0.05) is 24.1 Å². The van der Waals surface area contributed by atoms with Crippen LogP contribution in [0.3, 0.4) is 0 Å². The van der Waals surface area contributed by atoms with E-state index >= 15 is 0 Å². The standard InChI is InChI=1S/C10H15N3OS/c1-2-8(6-14-5-1)11-10-12-9(13-15-10)7-3-4-7/h7-8H,1-6H2,(H,11,12,13). The zero-order valence-corrected chi connectivity index (χ0v) is 9.42. The van der Waals surface area contributed by atoms with Gasteiger partial charge in [0.1, 0.15) is 5.82 Å². The Morgan fingerprint density at radius 2 is 2.27 bits per heavy atom. The Bertz CT molecular complexity index is 331. The van der Waals surface area contributed by atoms with Crippen LogP contribution in [0, 0.1) is 0 Å². The minimum atomic E-state index is 0.429. The van der Waals surface area contributed by atoms with Gasteiger partial charge in [-0.25, -0.2) is 4.98 Å². The summed E-state index contributed by atoms with van der Waals surface area (Å²) < 4.78 is 9.79. The molecule has 15 heavy (non-hydrogen) atoms. The van der Waals surface area contributed by atoms with Crippen molar-refractivity contribution in [3.63, 3.8) is 0 Å². The summed E-state index contributed by atoms with van der Waals surface area (Å²) in [5.41, 5.74) is 0. The smallest absolute Gasteiger partial charge is 0.202 e. The summed E-state index contributed by atoms with van der Waals surface area (Å²) in [5, 5.41) is 4.37. The van der Waals surface area contributed by atoms with Crippen molar-refractivity contribution in [3.8, 4) is 0 Å². The molecule has 82 valence electrons. The molecule has 1 N–H and O–H groups in total. The van der Waals surface area contributed by atoms with E-state index in [1.54, 1.807) is 0 Å². The van der Waals surface area contributed by atoms with Crippen molar-refractivity contribution in [2.45, 2.75) is 37.6 Å². The van der Waals surface area contributed by atoms with Gasteiger partial charge < -0.3 is 10.1 Å². The zero-order valence-electron chi connectivity index (χ0n) is 8.61. The quantitative estimate of drug-likeness (QED) is 0.854. The number of anilines is 1. The second kappa shape index (κ2) is 4.06. The van der Waals surface area contributed by atoms with Crippen LogP contribution < -0.4 is 5.32 Å². The summed E-state index contributed by atoms with van der Waals surface area (Å²) in [4.78, 5) is 4.51. The molecule has 0 spiro atoms. The molecule has 2 fully saturated rings. The molecule has 2 heterocycles. The molecule has 0 amide bonds. The number of nitrogens with zero attached hydrogens (tertiary/aromatic N) is 2. The molecule has 1 aliphatic heterocycles. The summed E-state index contributed by atoms with van der Waals surface area (Å²) in [6.45, 7) is 1.71. The molecule has 1 atom stereocenters. The highest BCUT2D eigenvalue weighted by Gasteiger charge is 2.28. The average molecular weight is 225 g/mol. The molecular weight excluding hydrogens is 210 g/mol. The zero-order chi connectivity index (χ0) is 10.1. The highest BCUT2D eigenvalue weighted by molar-refractivity contribution is 7.09. The molecule has 1 unspecified atom stereocenters. The summed E-state index contributed by atoms with van der Waals surface area (Å²) in [5.74, 6) is 1.69. The molecule has 1 aliphatic carbocycles. The van der Waals surface area contributed by atoms with E-state index in [4.69, 9.17) is 4.74 Å². The van der Waals surface area contributed by atoms with Gasteiger partial charge in [0.05, 0.1) is 12.6 Å². The second-order valence-corrected chi connectivity index (χ2v) is 5.04. The van der Waals surface area contributed by atoms with Crippen molar-refractivity contribution >= 4 is 16.7 Å². The van der Waals surface area contributed by atoms with Crippen molar-refractivity contribution in [1.82, 2.24) is 9.36 Å². The lowest BCUT2D eigenvalue weighted by molar-refractivity contribution is 0.0876. The van der Waals surface area contributed by atoms with Crippen LogP contribution in [-0.2, 0) is 4.74 Å². The van der Waals surface area contributed by atoms with E-state index in [0.717, 1.165) is 30.6 Å². The fourth-order valence-electron chi connectivity index (χ4n) is 1.83. The Morgan fingerprint density at radius 1 is 1.33 bits per heavy atom. The summed E-state index contributed by atoms with van der Waals surface area (Å²) >= 11 is 1.48. The van der Waals surface area contributed by atoms with Crippen LogP contribution in [0.25, 0.3) is 0 Å². The maximum absolute atomic E-state index is 5.41. The Labute approximate surface area is 93.2 Å². The number of ether oxygens (including phenoxy) is 1. The largest absolute Gasteiger partial charge is 0.379 e. The van der Waals surface area contributed by atoms with Gasteiger partial charge >= 0.3 is 0 Å². The van der Waals surface area contributed by atoms with Crippen LogP contribution in [0.5, 0.6) is 0 Å². The minimum Gasteiger partial charge on any atom is -0.379 e. The number of hydrogen-bond acceptors (Lipinski definition) is 5. The van der Waals surface area contributed by atoms with E-state index in [2.05, 4.69) is 14.7 Å². The molecule has 2 aliphatic rings. The second-order valence-electron chi connectivity index (χ2n) is 4.29. The van der Waals surface area contributed by atoms with Gasteiger partial charge in [-0.05, 0) is 25.7 Å². The Balaban J connectivity index is 1.60. The minimum absolute atomic E-state index is 0.429. The fraction of sp³-hybridized carbons (Fsp3) is 0.800. The Hall–Kier alpha value is -0.680. The van der Waals surface area contributed by atoms with Crippen molar-refractivity contribution in [3.05, 3.63) is 5.82 Å². The number of rotatable bonds is 3. The lowest BCUT2D eigenvalue weighted by atomic mass is 10.1. The molecule has 3 rings (SSSR count). The highest BCUT2D eigenvalue weighted by atomic mass is 32.1. The molecule has 4 nitrogen and oxygen atoms in total. The summed E-state index contributed by atoms with van der Waals surface area (Å²) in [6, 6.07) is 0.429. The first-order valence-electron chi connectivity index (χ1n) is 5.60. The predicted octanol–water partition coefficient (Wildman–Crippen LogP) is 2.01. The summed E-state index contributed by atoms with van der Waals surface area (Å²) in [7, 11) is 0. The molecule has 1 aromatic rings. The topological polar surface area (TPSA) is 47.0 Å². The highest BCUT2D eigenvalue weighted by Crippen LogP contribution is 2.39. The van der Waals surface area contributed by atoms with E-state index in [9.17, 15) is 0 Å². The lowest BCUT2D eigenvalue weighted by Crippen LogP contribution is -2.29. The van der Waals surface area contributed by atoms with Crippen LogP contribution >= 0.6 is 11.5 Å². The van der Waals surface area contributed by atoms with Crippen LogP contribution in [-0.4, -0.2) is 28.6 Å². The van der Waals surface area contributed by atoms with E-state index < -0.39 is 0 Å². The first-order valence-corrected chi connectivity index (χ1v) is 6.37. The van der Waals surface area contributed by atoms with Gasteiger partial charge in [-0.3, -0.25) is 0 Å². The van der Waals surface area contributed by atoms with Crippen molar-refractivity contribution in [2.75, 3.05) is 18.5 Å². The van der Waals surface area contributed by atoms with E-state index in [-0.39, 0.29) is 0 Å². The Morgan fingerprint density at radius 3 is 3.00 bits per heavy atom. The van der Waals surface area contributed by atoms with Crippen molar-refractivity contribution < 1.29 is 4.74 Å². The normalized spacial score (nSPS) is 26.5. The van der Waals surface area contributed by atoms with E-state index in [0.29, 0.717) is 12.0 Å². The van der Waals surface area contributed by atoms with Gasteiger partial charge in [0.15, 0.2) is 0 Å². The van der Waals surface area contributed by atoms with E-state index in [1.807, 2.05) is 0 Å². The first-order chi connectivity index (χ1) is 7.42. The SMILES string of the molecule is C1COCC(Nc2nc(C3CC3)ns2)C1. The molecule has 0 bridgehead atoms. The average Bonchev–Trinajstić information content (AvgIpc) is 3.02. The van der Waals surface area contributed by atoms with Crippen LogP contribution in [0.2, 0.25) is 0 Å². The van der Waals surface area contributed by atoms with Gasteiger partial charge in [-0.2, -0.15) is 4.37 Å².